The summed E-state index contributed by atoms with van der Waals surface area (Å²) >= 11 is 0. The van der Waals surface area contributed by atoms with Crippen molar-refractivity contribution in [2.45, 2.75) is 31.3 Å². The van der Waals surface area contributed by atoms with Gasteiger partial charge in [-0.15, -0.1) is 0 Å². The summed E-state index contributed by atoms with van der Waals surface area (Å²) in [5.41, 5.74) is 3.20. The standard InChI is InChI=1S/C23H28FN3O.H2/c1-4-16-10-13-27(21(19(16)5-2)17-6-8-18(24)9-7-17)22(28)25-20-14-26(3)15-23(20)11-12-23;/h4-9,20-21H,1-2,10-15H2,3H3,(H,25,28);1H/t20-,21-;/m1./s1. The van der Waals surface area contributed by atoms with Crippen molar-refractivity contribution < 1.29 is 10.6 Å². The molecule has 5 heteroatoms. The molecule has 4 nitrogen and oxygen atoms in total. The summed E-state index contributed by atoms with van der Waals surface area (Å²) in [7, 11) is 2.11. The van der Waals surface area contributed by atoms with Crippen molar-refractivity contribution in [3.63, 3.8) is 0 Å². The van der Waals surface area contributed by atoms with Crippen LogP contribution in [0.25, 0.3) is 0 Å². The Kier molecular flexibility index (Phi) is 4.88. The largest absolute Gasteiger partial charge is 0.333 e. The van der Waals surface area contributed by atoms with Gasteiger partial charge in [0.25, 0.3) is 0 Å². The Hall–Kier alpha value is -2.40. The first-order valence-electron chi connectivity index (χ1n) is 9.96. The van der Waals surface area contributed by atoms with E-state index in [1.165, 1.54) is 25.0 Å². The number of rotatable bonds is 4. The zero-order valence-corrected chi connectivity index (χ0v) is 16.5. The Balaban J connectivity index is 0.00000240. The second-order valence-electron chi connectivity index (χ2n) is 8.35. The van der Waals surface area contributed by atoms with Crippen molar-refractivity contribution in [2.24, 2.45) is 5.41 Å². The van der Waals surface area contributed by atoms with Gasteiger partial charge in [-0.3, -0.25) is 0 Å². The molecule has 1 saturated heterocycles. The first kappa shape index (κ1) is 18.9. The van der Waals surface area contributed by atoms with Crippen LogP contribution in [0.5, 0.6) is 0 Å². The van der Waals surface area contributed by atoms with Crippen LogP contribution in [0.2, 0.25) is 0 Å². The number of carbonyl (C=O) groups is 1. The molecule has 0 unspecified atom stereocenters. The van der Waals surface area contributed by atoms with Crippen LogP contribution in [-0.4, -0.2) is 48.6 Å². The highest BCUT2D eigenvalue weighted by molar-refractivity contribution is 5.77. The normalized spacial score (nSPS) is 26.4. The zero-order chi connectivity index (χ0) is 19.9. The number of hydrogen-bond donors (Lipinski definition) is 1. The maximum absolute atomic E-state index is 13.5. The molecular formula is C23H30FN3O. The van der Waals surface area contributed by atoms with Gasteiger partial charge in [0.2, 0.25) is 0 Å². The van der Waals surface area contributed by atoms with Gasteiger partial charge in [0, 0.05) is 26.5 Å². The summed E-state index contributed by atoms with van der Waals surface area (Å²) in [6.45, 7) is 10.4. The number of likely N-dealkylation sites (tertiary alicyclic amines) is 1. The van der Waals surface area contributed by atoms with Gasteiger partial charge in [-0.25, -0.2) is 9.18 Å². The van der Waals surface area contributed by atoms with Crippen molar-refractivity contribution in [2.75, 3.05) is 26.7 Å². The van der Waals surface area contributed by atoms with E-state index in [1.807, 2.05) is 11.0 Å². The highest BCUT2D eigenvalue weighted by Crippen LogP contribution is 2.52. The summed E-state index contributed by atoms with van der Waals surface area (Å²) in [5.74, 6) is -0.284. The molecule has 28 heavy (non-hydrogen) atoms. The average molecular weight is 384 g/mol. The minimum atomic E-state index is -0.284. The van der Waals surface area contributed by atoms with Crippen molar-refractivity contribution in [1.29, 1.82) is 0 Å². The number of benzene rings is 1. The molecule has 0 radical (unpaired) electrons. The quantitative estimate of drug-likeness (QED) is 0.842. The van der Waals surface area contributed by atoms with Gasteiger partial charge < -0.3 is 15.1 Å². The van der Waals surface area contributed by atoms with Crippen LogP contribution in [0.1, 0.15) is 32.3 Å². The molecule has 2 aliphatic heterocycles. The summed E-state index contributed by atoms with van der Waals surface area (Å²) in [6.07, 6.45) is 6.75. The molecule has 1 N–H and O–H groups in total. The molecular weight excluding hydrogens is 353 g/mol. The summed E-state index contributed by atoms with van der Waals surface area (Å²) in [6, 6.07) is 6.25. The number of allylic oxidation sites excluding steroid dienone is 1. The molecule has 2 amide bonds. The van der Waals surface area contributed by atoms with Crippen LogP contribution in [-0.2, 0) is 0 Å². The van der Waals surface area contributed by atoms with E-state index in [1.54, 1.807) is 18.2 Å². The maximum Gasteiger partial charge on any atom is 0.318 e. The lowest BCUT2D eigenvalue weighted by atomic mass is 9.88. The van der Waals surface area contributed by atoms with Crippen LogP contribution < -0.4 is 5.32 Å². The molecule has 1 saturated carbocycles. The van der Waals surface area contributed by atoms with Crippen molar-refractivity contribution in [1.82, 2.24) is 15.1 Å². The fourth-order valence-corrected chi connectivity index (χ4v) is 4.86. The molecule has 1 aliphatic carbocycles. The van der Waals surface area contributed by atoms with E-state index in [-0.39, 0.29) is 30.8 Å². The van der Waals surface area contributed by atoms with E-state index in [0.717, 1.165) is 36.2 Å². The third kappa shape index (κ3) is 3.28. The Morgan fingerprint density at radius 1 is 1.29 bits per heavy atom. The van der Waals surface area contributed by atoms with Crippen LogP contribution in [0.4, 0.5) is 9.18 Å². The third-order valence-corrected chi connectivity index (χ3v) is 6.52. The molecule has 4 rings (SSSR count). The minimum absolute atomic E-state index is 0. The number of halogens is 1. The molecule has 3 aliphatic rings. The van der Waals surface area contributed by atoms with Gasteiger partial charge in [-0.05, 0) is 55.2 Å². The van der Waals surface area contributed by atoms with E-state index in [0.29, 0.717) is 6.54 Å². The van der Waals surface area contributed by atoms with Gasteiger partial charge >= 0.3 is 6.03 Å². The topological polar surface area (TPSA) is 35.6 Å². The van der Waals surface area contributed by atoms with E-state index >= 15 is 0 Å². The van der Waals surface area contributed by atoms with E-state index in [4.69, 9.17) is 0 Å². The second-order valence-corrected chi connectivity index (χ2v) is 8.35. The van der Waals surface area contributed by atoms with Crippen LogP contribution in [0.3, 0.4) is 0 Å². The predicted molar refractivity (Wildman–Crippen MR) is 111 cm³/mol. The number of amides is 2. The SMILES string of the molecule is C=CC1=C(C=C)[C@@H](c2ccc(F)cc2)N(C(=O)N[C@@H]2CN(C)CC23CC3)CC1.[HH]. The monoisotopic (exact) mass is 383 g/mol. The number of urea groups is 1. The number of carbonyl (C=O) groups excluding carboxylic acids is 1. The fourth-order valence-electron chi connectivity index (χ4n) is 4.86. The number of likely N-dealkylation sites (N-methyl/N-ethyl adjacent to an activating group) is 1. The number of hydrogen-bond acceptors (Lipinski definition) is 2. The lowest BCUT2D eigenvalue weighted by Crippen LogP contribution is -2.51. The number of nitrogens with zero attached hydrogens (tertiary/aromatic N) is 2. The van der Waals surface area contributed by atoms with Crippen molar-refractivity contribution in [3.8, 4) is 0 Å². The van der Waals surface area contributed by atoms with Gasteiger partial charge in [0.1, 0.15) is 5.82 Å². The lowest BCUT2D eigenvalue weighted by Gasteiger charge is -2.39. The van der Waals surface area contributed by atoms with E-state index in [9.17, 15) is 9.18 Å². The van der Waals surface area contributed by atoms with Gasteiger partial charge in [-0.2, -0.15) is 0 Å². The Morgan fingerprint density at radius 2 is 2.00 bits per heavy atom. The van der Waals surface area contributed by atoms with Gasteiger partial charge in [0.05, 0.1) is 12.1 Å². The Bertz CT molecular complexity index is 831. The third-order valence-electron chi connectivity index (χ3n) is 6.52. The summed E-state index contributed by atoms with van der Waals surface area (Å²) in [4.78, 5) is 17.5. The highest BCUT2D eigenvalue weighted by Gasteiger charge is 2.55. The predicted octanol–water partition coefficient (Wildman–Crippen LogP) is 4.29. The van der Waals surface area contributed by atoms with E-state index < -0.39 is 0 Å². The van der Waals surface area contributed by atoms with Crippen molar-refractivity contribution >= 4 is 6.03 Å². The molecule has 0 bridgehead atoms. The first-order valence-corrected chi connectivity index (χ1v) is 9.96. The van der Waals surface area contributed by atoms with Crippen LogP contribution >= 0.6 is 0 Å². The van der Waals surface area contributed by atoms with E-state index in [2.05, 4.69) is 30.4 Å². The first-order chi connectivity index (χ1) is 13.5. The highest BCUT2D eigenvalue weighted by atomic mass is 19.1. The molecule has 2 atom stereocenters. The minimum Gasteiger partial charge on any atom is -0.333 e. The Morgan fingerprint density at radius 3 is 2.61 bits per heavy atom. The lowest BCUT2D eigenvalue weighted by molar-refractivity contribution is 0.173. The number of nitrogens with one attached hydrogen (secondary N) is 1. The summed E-state index contributed by atoms with van der Waals surface area (Å²) in [5, 5.41) is 3.31. The average Bonchev–Trinajstić information content (AvgIpc) is 3.40. The van der Waals surface area contributed by atoms with Crippen molar-refractivity contribution in [3.05, 3.63) is 72.1 Å². The van der Waals surface area contributed by atoms with Crippen LogP contribution in [0, 0.1) is 11.2 Å². The van der Waals surface area contributed by atoms with Gasteiger partial charge in [-0.1, -0.05) is 37.4 Å². The molecule has 1 aromatic rings. The smallest absolute Gasteiger partial charge is 0.318 e. The molecule has 1 spiro atoms. The van der Waals surface area contributed by atoms with Gasteiger partial charge in [0.15, 0.2) is 0 Å². The second kappa shape index (κ2) is 7.21. The molecule has 2 heterocycles. The maximum atomic E-state index is 13.5. The van der Waals surface area contributed by atoms with Crippen LogP contribution in [0.15, 0.2) is 60.7 Å². The molecule has 2 fully saturated rings. The zero-order valence-electron chi connectivity index (χ0n) is 16.5. The Labute approximate surface area is 167 Å². The fraction of sp³-hybridized carbons (Fsp3) is 0.435. The molecule has 1 aromatic carbocycles. The summed E-state index contributed by atoms with van der Waals surface area (Å²) < 4.78 is 13.5. The molecule has 0 aromatic heterocycles. The molecule has 150 valence electrons.